The van der Waals surface area contributed by atoms with Crippen molar-refractivity contribution >= 4 is 45.3 Å². The summed E-state index contributed by atoms with van der Waals surface area (Å²) in [6, 6.07) is 25.4. The predicted octanol–water partition coefficient (Wildman–Crippen LogP) is 13.2. The fourth-order valence-electron chi connectivity index (χ4n) is 11.1. The van der Waals surface area contributed by atoms with Gasteiger partial charge < -0.3 is 0 Å². The molecule has 0 unspecified atom stereocenters. The molecule has 6 heteroatoms. The first kappa shape index (κ1) is 37.9. The number of benzene rings is 3. The first-order chi connectivity index (χ1) is 24.6. The molecule has 2 nitrogen and oxygen atoms in total. The van der Waals surface area contributed by atoms with E-state index in [1.807, 2.05) is 0 Å². The molecule has 0 atom stereocenters. The Labute approximate surface area is 318 Å². The zero-order valence-electron chi connectivity index (χ0n) is 31.9. The van der Waals surface area contributed by atoms with Crippen LogP contribution in [-0.4, -0.2) is 39.0 Å². The minimum absolute atomic E-state index is 0.675. The second-order valence-electron chi connectivity index (χ2n) is 16.6. The van der Waals surface area contributed by atoms with Gasteiger partial charge in [-0.2, -0.15) is 0 Å². The zero-order valence-corrected chi connectivity index (χ0v) is 36.1. The Morgan fingerprint density at radius 2 is 0.961 bits per heavy atom. The van der Waals surface area contributed by atoms with Crippen molar-refractivity contribution in [2.75, 3.05) is 22.9 Å². The first-order valence-electron chi connectivity index (χ1n) is 20.3. The van der Waals surface area contributed by atoms with Gasteiger partial charge in [0.15, 0.2) is 0 Å². The van der Waals surface area contributed by atoms with Gasteiger partial charge in [-0.25, -0.2) is 0 Å². The molecule has 1 aliphatic heterocycles. The van der Waals surface area contributed by atoms with Crippen molar-refractivity contribution in [2.45, 2.75) is 147 Å². The van der Waals surface area contributed by atoms with E-state index in [4.69, 9.17) is 0 Å². The second kappa shape index (κ2) is 15.8. The van der Waals surface area contributed by atoms with Crippen molar-refractivity contribution < 1.29 is 10.2 Å². The third-order valence-corrected chi connectivity index (χ3v) is 50.2. The van der Waals surface area contributed by atoms with Gasteiger partial charge in [0.1, 0.15) is 0 Å². The van der Waals surface area contributed by atoms with Crippen LogP contribution < -0.4 is 9.80 Å². The van der Waals surface area contributed by atoms with Crippen LogP contribution in [0.1, 0.15) is 131 Å². The number of hydrogen-bond acceptors (Lipinski definition) is 2. The summed E-state index contributed by atoms with van der Waals surface area (Å²) in [6.45, 7) is 11.0. The SMILES string of the molecule is Cc1ccc(N2CCCN(c3ccc(C)cc3C)[C]2=[Ru]([Cl])([Cl])(=[CH]c2ccccc2)[PH](C2CCCCC2)(C2CCCCC2)C2CCCCC2)c(C)c1. The average molecular weight is 836 g/mol. The van der Waals surface area contributed by atoms with Gasteiger partial charge in [0.2, 0.25) is 0 Å². The number of aryl methyl sites for hydroxylation is 4. The number of anilines is 2. The van der Waals surface area contributed by atoms with Crippen LogP contribution in [0, 0.1) is 27.7 Å². The first-order valence-corrected chi connectivity index (χ1v) is 31.4. The normalized spacial score (nSPS) is 21.7. The van der Waals surface area contributed by atoms with E-state index < -0.39 is 15.8 Å². The molecule has 0 spiro atoms. The summed E-state index contributed by atoms with van der Waals surface area (Å²) in [4.78, 5) is 5.44. The van der Waals surface area contributed by atoms with Crippen molar-refractivity contribution in [2.24, 2.45) is 0 Å². The van der Waals surface area contributed by atoms with Crippen LogP contribution in [0.4, 0.5) is 11.4 Å². The molecule has 4 fully saturated rings. The summed E-state index contributed by atoms with van der Waals surface area (Å²) in [7, 11) is 14.2. The van der Waals surface area contributed by atoms with E-state index in [1.54, 1.807) is 0 Å². The molecule has 3 aromatic rings. The monoisotopic (exact) mass is 835 g/mol. The molecule has 0 aromatic heterocycles. The van der Waals surface area contributed by atoms with Gasteiger partial charge in [-0.1, -0.05) is 0 Å². The molecular weight excluding hydrogens is 771 g/mol. The molecule has 4 aliphatic rings. The van der Waals surface area contributed by atoms with E-state index in [9.17, 15) is 19.4 Å². The van der Waals surface area contributed by atoms with Crippen molar-refractivity contribution in [3.63, 3.8) is 0 Å². The van der Waals surface area contributed by atoms with Gasteiger partial charge in [0.05, 0.1) is 0 Å². The van der Waals surface area contributed by atoms with Gasteiger partial charge in [-0.05, 0) is 0 Å². The van der Waals surface area contributed by atoms with E-state index in [-0.39, 0.29) is 0 Å². The van der Waals surface area contributed by atoms with Crippen molar-refractivity contribution in [1.29, 1.82) is 0 Å². The molecule has 1 saturated heterocycles. The van der Waals surface area contributed by atoms with Crippen LogP contribution >= 0.6 is 25.0 Å². The van der Waals surface area contributed by atoms with Gasteiger partial charge in [0.25, 0.3) is 0 Å². The van der Waals surface area contributed by atoms with Crippen LogP contribution in [0.3, 0.4) is 0 Å². The molecule has 0 radical (unpaired) electrons. The van der Waals surface area contributed by atoms with Gasteiger partial charge in [-0.15, -0.1) is 0 Å². The van der Waals surface area contributed by atoms with Crippen LogP contribution in [0.5, 0.6) is 0 Å². The second-order valence-corrected chi connectivity index (χ2v) is 44.6. The van der Waals surface area contributed by atoms with Crippen LogP contribution in [0.15, 0.2) is 66.7 Å². The number of hydrogen-bond donors (Lipinski definition) is 0. The third kappa shape index (κ3) is 7.03. The van der Waals surface area contributed by atoms with Crippen molar-refractivity contribution in [3.8, 4) is 0 Å². The van der Waals surface area contributed by atoms with Gasteiger partial charge in [0, 0.05) is 0 Å². The Hall–Kier alpha value is -1.37. The molecule has 3 saturated carbocycles. The summed E-state index contributed by atoms with van der Waals surface area (Å²) in [6.07, 6.45) is 21.2. The summed E-state index contributed by atoms with van der Waals surface area (Å²) in [5.74, 6) is 0. The van der Waals surface area contributed by atoms with E-state index >= 15 is 0 Å². The van der Waals surface area contributed by atoms with Gasteiger partial charge in [-0.3, -0.25) is 0 Å². The van der Waals surface area contributed by atoms with Crippen molar-refractivity contribution in [3.05, 3.63) is 94.5 Å². The Bertz CT molecular complexity index is 1730. The molecule has 51 heavy (non-hydrogen) atoms. The summed E-state index contributed by atoms with van der Waals surface area (Å²) >= 11 is 0. The molecule has 3 aromatic carbocycles. The van der Waals surface area contributed by atoms with Crippen LogP contribution in [0.2, 0.25) is 0 Å². The van der Waals surface area contributed by atoms with E-state index in [0.29, 0.717) is 17.0 Å². The van der Waals surface area contributed by atoms with E-state index in [1.165, 1.54) is 140 Å². The molecule has 1 heterocycles. The number of nitrogens with zero attached hydrogens (tertiary/aromatic N) is 2. The predicted molar refractivity (Wildman–Crippen MR) is 228 cm³/mol. The molecule has 0 amide bonds. The standard InChI is InChI=1S/C20H24N2.C18H33P.C7H6.2ClH.Ru/c1-15-6-8-19(17(3)12-15)21-10-5-11-22(14-21)20-9-7-16(2)13-18(20)4;1-4-10-16(11-5-1)19(17-12-6-2-7-13-17)18-14-8-3-9-15-18;1-7-5-3-2-4-6-7;;;/h6-9,12-13H,5,10-11H2,1-4H3;16-18H,1-15H2;1-6H;2*1H;/q;;;;;+1/p-1. The summed E-state index contributed by atoms with van der Waals surface area (Å²) in [5, 5.41) is 0. The maximum atomic E-state index is 9.52. The van der Waals surface area contributed by atoms with E-state index in [2.05, 4.69) is 109 Å². The fourth-order valence-corrected chi connectivity index (χ4v) is 58.9. The summed E-state index contributed by atoms with van der Waals surface area (Å²) in [5.41, 5.74) is 8.54. The quantitative estimate of drug-likeness (QED) is 0.173. The third-order valence-electron chi connectivity index (χ3n) is 13.1. The Morgan fingerprint density at radius 1 is 0.549 bits per heavy atom. The minimum atomic E-state index is -4.88. The Morgan fingerprint density at radius 3 is 1.35 bits per heavy atom. The number of rotatable bonds is 7. The molecule has 7 rings (SSSR count). The topological polar surface area (TPSA) is 6.48 Å². The molecule has 0 bridgehead atoms. The summed E-state index contributed by atoms with van der Waals surface area (Å²) < 4.78 is 3.98. The molecule has 3 aliphatic carbocycles. The fraction of sp³-hybridized carbons (Fsp3) is 0.556. The zero-order chi connectivity index (χ0) is 35.7. The maximum absolute atomic E-state index is 9.52. The van der Waals surface area contributed by atoms with Crippen molar-refractivity contribution in [1.82, 2.24) is 0 Å². The Balaban J connectivity index is 1.71. The molecule has 281 valence electrons. The molecular formula is C45H64Cl2N2PRu. The average Bonchev–Trinajstić information content (AvgIpc) is 3.13. The Kier molecular flexibility index (Phi) is 11.7. The van der Waals surface area contributed by atoms with E-state index in [0.717, 1.165) is 19.5 Å². The molecule has 0 N–H and O–H groups in total. The van der Waals surface area contributed by atoms with Gasteiger partial charge >= 0.3 is 320 Å². The van der Waals surface area contributed by atoms with Crippen LogP contribution in [0.25, 0.3) is 0 Å². The van der Waals surface area contributed by atoms with Crippen LogP contribution in [-0.2, 0) is 10.2 Å². The number of halogens is 2.